The van der Waals surface area contributed by atoms with Crippen LogP contribution in [0.4, 0.5) is 4.39 Å². The Balaban J connectivity index is 2.02. The van der Waals surface area contributed by atoms with Gasteiger partial charge in [-0.25, -0.2) is 4.39 Å². The van der Waals surface area contributed by atoms with E-state index in [1.54, 1.807) is 12.1 Å². The third-order valence-corrected chi connectivity index (χ3v) is 2.80. The van der Waals surface area contributed by atoms with Crippen LogP contribution in [0.1, 0.15) is 43.6 Å². The van der Waals surface area contributed by atoms with Crippen LogP contribution in [0.5, 0.6) is 0 Å². The molecule has 2 N–H and O–H groups in total. The first-order chi connectivity index (χ1) is 9.04. The van der Waals surface area contributed by atoms with E-state index >= 15 is 0 Å². The molecule has 0 aliphatic carbocycles. The SMILES string of the molecule is CC(C)CC(N)c1nc(Cc2ccc(F)cc2)no1. The lowest BCUT2D eigenvalue weighted by molar-refractivity contribution is 0.333. The zero-order chi connectivity index (χ0) is 13.8. The standard InChI is InChI=1S/C14H18FN3O/c1-9(2)7-12(16)14-17-13(18-19-14)8-10-3-5-11(15)6-4-10/h3-6,9,12H,7-8,16H2,1-2H3. The molecule has 0 aliphatic rings. The summed E-state index contributed by atoms with van der Waals surface area (Å²) in [6.07, 6.45) is 1.32. The zero-order valence-electron chi connectivity index (χ0n) is 11.1. The van der Waals surface area contributed by atoms with Gasteiger partial charge < -0.3 is 10.3 Å². The lowest BCUT2D eigenvalue weighted by Crippen LogP contribution is -2.13. The average molecular weight is 263 g/mol. The summed E-state index contributed by atoms with van der Waals surface area (Å²) in [7, 11) is 0. The summed E-state index contributed by atoms with van der Waals surface area (Å²) in [5.41, 5.74) is 6.91. The zero-order valence-corrected chi connectivity index (χ0v) is 11.1. The van der Waals surface area contributed by atoms with Crippen LogP contribution in [0.25, 0.3) is 0 Å². The van der Waals surface area contributed by atoms with Gasteiger partial charge in [0, 0.05) is 6.42 Å². The number of hydrogen-bond donors (Lipinski definition) is 1. The van der Waals surface area contributed by atoms with Crippen molar-refractivity contribution >= 4 is 0 Å². The van der Waals surface area contributed by atoms with Gasteiger partial charge in [-0.15, -0.1) is 0 Å². The Kier molecular flexibility index (Phi) is 4.27. The van der Waals surface area contributed by atoms with Gasteiger partial charge in [-0.1, -0.05) is 31.1 Å². The minimum Gasteiger partial charge on any atom is -0.338 e. The Labute approximate surface area is 111 Å². The molecular formula is C14H18FN3O. The molecule has 2 aromatic rings. The molecule has 102 valence electrons. The molecule has 19 heavy (non-hydrogen) atoms. The van der Waals surface area contributed by atoms with Crippen molar-refractivity contribution in [2.45, 2.75) is 32.7 Å². The van der Waals surface area contributed by atoms with E-state index in [1.807, 2.05) is 0 Å². The van der Waals surface area contributed by atoms with Gasteiger partial charge in [-0.05, 0) is 30.0 Å². The fraction of sp³-hybridized carbons (Fsp3) is 0.429. The van der Waals surface area contributed by atoms with E-state index in [0.717, 1.165) is 12.0 Å². The highest BCUT2D eigenvalue weighted by molar-refractivity contribution is 5.19. The highest BCUT2D eigenvalue weighted by Gasteiger charge is 2.16. The number of rotatable bonds is 5. The number of hydrogen-bond acceptors (Lipinski definition) is 4. The highest BCUT2D eigenvalue weighted by Crippen LogP contribution is 2.17. The molecule has 0 fully saturated rings. The van der Waals surface area contributed by atoms with Crippen molar-refractivity contribution in [3.8, 4) is 0 Å². The van der Waals surface area contributed by atoms with Gasteiger partial charge in [0.1, 0.15) is 5.82 Å². The van der Waals surface area contributed by atoms with Crippen LogP contribution in [0, 0.1) is 11.7 Å². The molecule has 0 radical (unpaired) electrons. The molecule has 1 aromatic heterocycles. The second kappa shape index (κ2) is 5.93. The van der Waals surface area contributed by atoms with Crippen LogP contribution in [0.2, 0.25) is 0 Å². The molecule has 0 saturated carbocycles. The van der Waals surface area contributed by atoms with E-state index in [0.29, 0.717) is 24.1 Å². The maximum Gasteiger partial charge on any atom is 0.243 e. The summed E-state index contributed by atoms with van der Waals surface area (Å²) in [6, 6.07) is 6.02. The molecule has 5 heteroatoms. The lowest BCUT2D eigenvalue weighted by atomic mass is 10.0. The van der Waals surface area contributed by atoms with Crippen LogP contribution in [0.3, 0.4) is 0 Å². The van der Waals surface area contributed by atoms with E-state index in [1.165, 1.54) is 12.1 Å². The molecule has 0 amide bonds. The lowest BCUT2D eigenvalue weighted by Gasteiger charge is -2.08. The smallest absolute Gasteiger partial charge is 0.243 e. The number of benzene rings is 1. The third kappa shape index (κ3) is 3.86. The van der Waals surface area contributed by atoms with Crippen molar-refractivity contribution in [3.05, 3.63) is 47.4 Å². The van der Waals surface area contributed by atoms with Crippen LogP contribution in [-0.4, -0.2) is 10.1 Å². The van der Waals surface area contributed by atoms with Gasteiger partial charge in [0.25, 0.3) is 0 Å². The molecule has 0 saturated heterocycles. The molecule has 0 bridgehead atoms. The van der Waals surface area contributed by atoms with Gasteiger partial charge in [-0.3, -0.25) is 0 Å². The maximum absolute atomic E-state index is 12.8. The minimum atomic E-state index is -0.253. The average Bonchev–Trinajstić information content (AvgIpc) is 2.80. The summed E-state index contributed by atoms with van der Waals surface area (Å²) in [5.74, 6) is 1.26. The largest absolute Gasteiger partial charge is 0.338 e. The van der Waals surface area contributed by atoms with Gasteiger partial charge in [0.05, 0.1) is 6.04 Å². The van der Waals surface area contributed by atoms with Crippen molar-refractivity contribution < 1.29 is 8.91 Å². The number of nitrogens with two attached hydrogens (primary N) is 1. The molecule has 1 atom stereocenters. The van der Waals surface area contributed by atoms with E-state index < -0.39 is 0 Å². The molecule has 4 nitrogen and oxygen atoms in total. The van der Waals surface area contributed by atoms with Crippen molar-refractivity contribution in [3.63, 3.8) is 0 Å². The molecule has 1 unspecified atom stereocenters. The van der Waals surface area contributed by atoms with Crippen LogP contribution in [0.15, 0.2) is 28.8 Å². The fourth-order valence-electron chi connectivity index (χ4n) is 1.88. The number of halogens is 1. The topological polar surface area (TPSA) is 64.9 Å². The highest BCUT2D eigenvalue weighted by atomic mass is 19.1. The third-order valence-electron chi connectivity index (χ3n) is 2.80. The summed E-state index contributed by atoms with van der Waals surface area (Å²) in [6.45, 7) is 4.19. The van der Waals surface area contributed by atoms with E-state index in [9.17, 15) is 4.39 Å². The first-order valence-corrected chi connectivity index (χ1v) is 6.37. The van der Waals surface area contributed by atoms with Crippen molar-refractivity contribution in [1.82, 2.24) is 10.1 Å². The van der Waals surface area contributed by atoms with Crippen molar-refractivity contribution in [2.24, 2.45) is 11.7 Å². The predicted octanol–water partition coefficient (Wildman–Crippen LogP) is 2.85. The van der Waals surface area contributed by atoms with Crippen LogP contribution < -0.4 is 5.73 Å². The Morgan fingerprint density at radius 3 is 2.58 bits per heavy atom. The quantitative estimate of drug-likeness (QED) is 0.900. The first kappa shape index (κ1) is 13.7. The normalized spacial score (nSPS) is 12.9. The van der Waals surface area contributed by atoms with Gasteiger partial charge in [0.2, 0.25) is 5.89 Å². The maximum atomic E-state index is 12.8. The second-order valence-electron chi connectivity index (χ2n) is 5.09. The van der Waals surface area contributed by atoms with Crippen LogP contribution >= 0.6 is 0 Å². The first-order valence-electron chi connectivity index (χ1n) is 6.37. The summed E-state index contributed by atoms with van der Waals surface area (Å²) >= 11 is 0. The number of aromatic nitrogens is 2. The Bertz CT molecular complexity index is 522. The molecule has 0 spiro atoms. The van der Waals surface area contributed by atoms with E-state index in [4.69, 9.17) is 10.3 Å². The Hall–Kier alpha value is -1.75. The predicted molar refractivity (Wildman–Crippen MR) is 69.9 cm³/mol. The second-order valence-corrected chi connectivity index (χ2v) is 5.09. The van der Waals surface area contributed by atoms with Gasteiger partial charge >= 0.3 is 0 Å². The fourth-order valence-corrected chi connectivity index (χ4v) is 1.88. The Morgan fingerprint density at radius 1 is 1.26 bits per heavy atom. The summed E-state index contributed by atoms with van der Waals surface area (Å²) in [4.78, 5) is 4.28. The monoisotopic (exact) mass is 263 g/mol. The molecule has 1 heterocycles. The molecule has 2 rings (SSSR count). The molecule has 1 aromatic carbocycles. The van der Waals surface area contributed by atoms with Crippen molar-refractivity contribution in [1.29, 1.82) is 0 Å². The van der Waals surface area contributed by atoms with Crippen LogP contribution in [-0.2, 0) is 6.42 Å². The summed E-state index contributed by atoms with van der Waals surface area (Å²) < 4.78 is 18.0. The summed E-state index contributed by atoms with van der Waals surface area (Å²) in [5, 5.41) is 3.90. The van der Waals surface area contributed by atoms with E-state index in [-0.39, 0.29) is 11.9 Å². The van der Waals surface area contributed by atoms with Gasteiger partial charge in [0.15, 0.2) is 5.82 Å². The Morgan fingerprint density at radius 2 is 1.95 bits per heavy atom. The molecular weight excluding hydrogens is 245 g/mol. The van der Waals surface area contributed by atoms with Crippen molar-refractivity contribution in [2.75, 3.05) is 0 Å². The number of nitrogens with zero attached hydrogens (tertiary/aromatic N) is 2. The minimum absolute atomic E-state index is 0.227. The van der Waals surface area contributed by atoms with E-state index in [2.05, 4.69) is 24.0 Å². The molecule has 0 aliphatic heterocycles. The van der Waals surface area contributed by atoms with Gasteiger partial charge in [-0.2, -0.15) is 4.98 Å².